The molecule has 0 radical (unpaired) electrons. The molecule has 0 aromatic heterocycles. The molecule has 128 valence electrons. The highest BCUT2D eigenvalue weighted by molar-refractivity contribution is 5.96. The third-order valence-corrected chi connectivity index (χ3v) is 4.29. The molecule has 24 heavy (non-hydrogen) atoms. The molecular formula is C20H24O4. The summed E-state index contributed by atoms with van der Waals surface area (Å²) in [5.74, 6) is 0.135. The first-order chi connectivity index (χ1) is 11.5. The van der Waals surface area contributed by atoms with Crippen LogP contribution in [0.4, 0.5) is 0 Å². The van der Waals surface area contributed by atoms with Gasteiger partial charge in [0.25, 0.3) is 0 Å². The van der Waals surface area contributed by atoms with E-state index in [9.17, 15) is 9.59 Å². The molecule has 0 fully saturated rings. The summed E-state index contributed by atoms with van der Waals surface area (Å²) in [6.45, 7) is 7.57. The van der Waals surface area contributed by atoms with E-state index in [2.05, 4.69) is 0 Å². The van der Waals surface area contributed by atoms with Crippen molar-refractivity contribution in [3.05, 3.63) is 36.4 Å². The van der Waals surface area contributed by atoms with Crippen LogP contribution < -0.4 is 9.47 Å². The first kappa shape index (κ1) is 18.0. The zero-order valence-electron chi connectivity index (χ0n) is 14.7. The summed E-state index contributed by atoms with van der Waals surface area (Å²) in [5, 5.41) is 1.51. The van der Waals surface area contributed by atoms with Crippen LogP contribution in [0.5, 0.6) is 11.5 Å². The van der Waals surface area contributed by atoms with Gasteiger partial charge in [-0.1, -0.05) is 52.0 Å². The predicted octanol–water partition coefficient (Wildman–Crippen LogP) is 4.74. The molecular weight excluding hydrogens is 304 g/mol. The number of carbonyl (C=O) groups is 2. The van der Waals surface area contributed by atoms with Gasteiger partial charge in [-0.05, 0) is 25.0 Å². The van der Waals surface area contributed by atoms with Crippen LogP contribution >= 0.6 is 0 Å². The van der Waals surface area contributed by atoms with Crippen LogP contribution in [0.2, 0.25) is 0 Å². The highest BCUT2D eigenvalue weighted by Gasteiger charge is 2.17. The van der Waals surface area contributed by atoms with Gasteiger partial charge in [0.1, 0.15) is 11.5 Å². The maximum atomic E-state index is 12.1. The zero-order valence-corrected chi connectivity index (χ0v) is 14.7. The van der Waals surface area contributed by atoms with Crippen molar-refractivity contribution in [1.82, 2.24) is 0 Å². The average Bonchev–Trinajstić information content (AvgIpc) is 2.60. The Morgan fingerprint density at radius 2 is 1.17 bits per heavy atom. The fraction of sp³-hybridized carbons (Fsp3) is 0.400. The van der Waals surface area contributed by atoms with Crippen molar-refractivity contribution in [2.24, 2.45) is 11.8 Å². The minimum Gasteiger partial charge on any atom is -0.426 e. The number of rotatable bonds is 6. The topological polar surface area (TPSA) is 52.6 Å². The highest BCUT2D eigenvalue weighted by Crippen LogP contribution is 2.33. The van der Waals surface area contributed by atoms with Crippen LogP contribution in [0, 0.1) is 11.8 Å². The van der Waals surface area contributed by atoms with E-state index in [1.54, 1.807) is 24.3 Å². The monoisotopic (exact) mass is 328 g/mol. The number of ether oxygens (including phenoxy) is 2. The number of esters is 2. The number of hydrogen-bond acceptors (Lipinski definition) is 4. The van der Waals surface area contributed by atoms with Crippen molar-refractivity contribution in [3.8, 4) is 11.5 Å². The van der Waals surface area contributed by atoms with E-state index in [1.807, 2.05) is 39.8 Å². The predicted molar refractivity (Wildman–Crippen MR) is 94.1 cm³/mol. The van der Waals surface area contributed by atoms with Crippen LogP contribution in [0.3, 0.4) is 0 Å². The van der Waals surface area contributed by atoms with Crippen LogP contribution in [0.1, 0.15) is 40.5 Å². The molecule has 4 nitrogen and oxygen atoms in total. The Morgan fingerprint density at radius 1 is 0.792 bits per heavy atom. The lowest BCUT2D eigenvalue weighted by atomic mass is 10.1. The summed E-state index contributed by atoms with van der Waals surface area (Å²) in [6.07, 6.45) is 1.45. The second-order valence-electron chi connectivity index (χ2n) is 6.07. The van der Waals surface area contributed by atoms with Crippen molar-refractivity contribution in [1.29, 1.82) is 0 Å². The Labute approximate surface area is 142 Å². The SMILES string of the molecule is CCC(C)C(=O)Oc1cccc2c(OC(=O)C(C)CC)cccc12. The van der Waals surface area contributed by atoms with Crippen molar-refractivity contribution in [2.45, 2.75) is 40.5 Å². The number of benzene rings is 2. The van der Waals surface area contributed by atoms with E-state index < -0.39 is 0 Å². The molecule has 0 saturated heterocycles. The lowest BCUT2D eigenvalue weighted by Gasteiger charge is -2.14. The number of hydrogen-bond donors (Lipinski definition) is 0. The second-order valence-corrected chi connectivity index (χ2v) is 6.07. The van der Waals surface area contributed by atoms with Gasteiger partial charge in [-0.15, -0.1) is 0 Å². The summed E-state index contributed by atoms with van der Waals surface area (Å²) in [7, 11) is 0. The van der Waals surface area contributed by atoms with Crippen LogP contribution in [0.15, 0.2) is 36.4 Å². The Hall–Kier alpha value is -2.36. The largest absolute Gasteiger partial charge is 0.426 e. The Balaban J connectivity index is 2.35. The summed E-state index contributed by atoms with van der Waals surface area (Å²) >= 11 is 0. The molecule has 2 rings (SSSR count). The Morgan fingerprint density at radius 3 is 1.50 bits per heavy atom. The first-order valence-electron chi connectivity index (χ1n) is 8.43. The molecule has 0 N–H and O–H groups in total. The van der Waals surface area contributed by atoms with Crippen LogP contribution in [-0.2, 0) is 9.59 Å². The number of fused-ring (bicyclic) bond motifs is 1. The van der Waals surface area contributed by atoms with E-state index in [0.29, 0.717) is 11.5 Å². The summed E-state index contributed by atoms with van der Waals surface area (Å²) in [4.78, 5) is 24.1. The molecule has 4 heteroatoms. The van der Waals surface area contributed by atoms with Gasteiger partial charge in [-0.3, -0.25) is 9.59 Å². The van der Waals surface area contributed by atoms with Gasteiger partial charge in [-0.2, -0.15) is 0 Å². The molecule has 2 aromatic carbocycles. The molecule has 0 aliphatic rings. The molecule has 2 unspecified atom stereocenters. The Bertz CT molecular complexity index is 672. The van der Waals surface area contributed by atoms with Crippen molar-refractivity contribution in [2.75, 3.05) is 0 Å². The molecule has 0 heterocycles. The lowest BCUT2D eigenvalue weighted by Crippen LogP contribution is -2.17. The highest BCUT2D eigenvalue weighted by atomic mass is 16.5. The van der Waals surface area contributed by atoms with Gasteiger partial charge in [0.2, 0.25) is 0 Å². The smallest absolute Gasteiger partial charge is 0.314 e. The van der Waals surface area contributed by atoms with E-state index >= 15 is 0 Å². The lowest BCUT2D eigenvalue weighted by molar-refractivity contribution is -0.139. The Kier molecular flexibility index (Phi) is 5.96. The quantitative estimate of drug-likeness (QED) is 0.567. The molecule has 2 atom stereocenters. The van der Waals surface area contributed by atoms with E-state index in [4.69, 9.17) is 9.47 Å². The molecule has 0 amide bonds. The van der Waals surface area contributed by atoms with Crippen LogP contribution in [-0.4, -0.2) is 11.9 Å². The van der Waals surface area contributed by atoms with Gasteiger partial charge in [-0.25, -0.2) is 0 Å². The van der Waals surface area contributed by atoms with Crippen molar-refractivity contribution < 1.29 is 19.1 Å². The first-order valence-corrected chi connectivity index (χ1v) is 8.43. The van der Waals surface area contributed by atoms with Crippen LogP contribution in [0.25, 0.3) is 10.8 Å². The minimum atomic E-state index is -0.257. The van der Waals surface area contributed by atoms with Crippen molar-refractivity contribution >= 4 is 22.7 Å². The normalized spacial score (nSPS) is 13.3. The maximum absolute atomic E-state index is 12.1. The second kappa shape index (κ2) is 7.95. The zero-order chi connectivity index (χ0) is 17.7. The molecule has 0 spiro atoms. The molecule has 0 bridgehead atoms. The van der Waals surface area contributed by atoms with Gasteiger partial charge in [0.05, 0.1) is 11.8 Å². The fourth-order valence-corrected chi connectivity index (χ4v) is 2.18. The summed E-state index contributed by atoms with van der Waals surface area (Å²) in [5.41, 5.74) is 0. The van der Waals surface area contributed by atoms with Gasteiger partial charge < -0.3 is 9.47 Å². The van der Waals surface area contributed by atoms with E-state index in [1.165, 1.54) is 0 Å². The fourth-order valence-electron chi connectivity index (χ4n) is 2.18. The summed E-state index contributed by atoms with van der Waals surface area (Å²) < 4.78 is 11.1. The van der Waals surface area contributed by atoms with E-state index in [-0.39, 0.29) is 23.8 Å². The molecule has 0 aliphatic carbocycles. The third kappa shape index (κ3) is 3.94. The maximum Gasteiger partial charge on any atom is 0.314 e. The summed E-state index contributed by atoms with van der Waals surface area (Å²) in [6, 6.07) is 10.8. The molecule has 2 aromatic rings. The van der Waals surface area contributed by atoms with Gasteiger partial charge in [0.15, 0.2) is 0 Å². The van der Waals surface area contributed by atoms with Crippen molar-refractivity contribution in [3.63, 3.8) is 0 Å². The van der Waals surface area contributed by atoms with Gasteiger partial charge >= 0.3 is 11.9 Å². The van der Waals surface area contributed by atoms with E-state index in [0.717, 1.165) is 23.6 Å². The molecule has 0 aliphatic heterocycles. The molecule has 0 saturated carbocycles. The standard InChI is InChI=1S/C20H24O4/c1-5-13(3)19(21)23-17-11-7-10-16-15(17)9-8-12-18(16)24-20(22)14(4)6-2/h7-14H,5-6H2,1-4H3. The third-order valence-electron chi connectivity index (χ3n) is 4.29. The average molecular weight is 328 g/mol. The van der Waals surface area contributed by atoms with Gasteiger partial charge in [0, 0.05) is 10.8 Å². The number of carbonyl (C=O) groups excluding carboxylic acids is 2. The minimum absolute atomic E-state index is 0.160.